The van der Waals surface area contributed by atoms with Crippen molar-refractivity contribution in [3.8, 4) is 0 Å². The van der Waals surface area contributed by atoms with E-state index in [-0.39, 0.29) is 6.54 Å². The van der Waals surface area contributed by atoms with Crippen molar-refractivity contribution < 1.29 is 22.0 Å². The highest BCUT2D eigenvalue weighted by Crippen LogP contribution is 2.23. The zero-order valence-corrected chi connectivity index (χ0v) is 8.25. The van der Waals surface area contributed by atoms with Gasteiger partial charge in [-0.3, -0.25) is 0 Å². The lowest BCUT2D eigenvalue weighted by atomic mass is 10.1. The van der Waals surface area contributed by atoms with E-state index in [0.29, 0.717) is 0 Å². The standard InChI is InChI=1S/C10H8F5N/c1-16-4-2-3-5-6(11)8(13)10(15)9(14)7(5)12/h2-3,16H,4H2,1H3. The van der Waals surface area contributed by atoms with Crippen LogP contribution >= 0.6 is 0 Å². The van der Waals surface area contributed by atoms with Gasteiger partial charge in [0.25, 0.3) is 0 Å². The summed E-state index contributed by atoms with van der Waals surface area (Å²) in [4.78, 5) is 0. The molecule has 6 heteroatoms. The van der Waals surface area contributed by atoms with Crippen LogP contribution in [0.15, 0.2) is 6.08 Å². The third-order valence-corrected chi connectivity index (χ3v) is 1.85. The average Bonchev–Trinajstić information content (AvgIpc) is 2.28. The summed E-state index contributed by atoms with van der Waals surface area (Å²) in [5.41, 5.74) is -0.938. The van der Waals surface area contributed by atoms with Gasteiger partial charge >= 0.3 is 0 Å². The molecule has 0 aromatic heterocycles. The fraction of sp³-hybridized carbons (Fsp3) is 0.200. The Morgan fingerprint density at radius 1 is 0.875 bits per heavy atom. The van der Waals surface area contributed by atoms with Crippen molar-refractivity contribution in [2.75, 3.05) is 13.6 Å². The van der Waals surface area contributed by atoms with E-state index in [2.05, 4.69) is 5.32 Å². The molecule has 0 aliphatic carbocycles. The molecule has 0 aliphatic heterocycles. The lowest BCUT2D eigenvalue weighted by molar-refractivity contribution is 0.377. The first-order chi connectivity index (χ1) is 7.50. The molecule has 0 saturated heterocycles. The molecular weight excluding hydrogens is 229 g/mol. The Morgan fingerprint density at radius 3 is 1.75 bits per heavy atom. The van der Waals surface area contributed by atoms with Crippen LogP contribution in [0.2, 0.25) is 0 Å². The van der Waals surface area contributed by atoms with Gasteiger partial charge in [-0.2, -0.15) is 0 Å². The van der Waals surface area contributed by atoms with E-state index < -0.39 is 34.6 Å². The summed E-state index contributed by atoms with van der Waals surface area (Å²) >= 11 is 0. The first kappa shape index (κ1) is 12.6. The molecule has 0 saturated carbocycles. The number of nitrogens with one attached hydrogen (secondary N) is 1. The number of rotatable bonds is 3. The molecule has 0 fully saturated rings. The predicted octanol–water partition coefficient (Wildman–Crippen LogP) is 2.61. The Morgan fingerprint density at radius 2 is 1.31 bits per heavy atom. The predicted molar refractivity (Wildman–Crippen MR) is 49.2 cm³/mol. The Balaban J connectivity index is 3.29. The number of benzene rings is 1. The van der Waals surface area contributed by atoms with E-state index in [1.807, 2.05) is 0 Å². The van der Waals surface area contributed by atoms with Crippen molar-refractivity contribution in [2.45, 2.75) is 0 Å². The molecule has 0 amide bonds. The molecule has 0 spiro atoms. The molecule has 1 aromatic rings. The first-order valence-electron chi connectivity index (χ1n) is 4.33. The second kappa shape index (κ2) is 5.07. The summed E-state index contributed by atoms with van der Waals surface area (Å²) in [6, 6.07) is 0. The fourth-order valence-corrected chi connectivity index (χ4v) is 1.06. The lowest BCUT2D eigenvalue weighted by Crippen LogP contribution is -2.06. The van der Waals surface area contributed by atoms with Crippen molar-refractivity contribution in [3.63, 3.8) is 0 Å². The largest absolute Gasteiger partial charge is 0.316 e. The molecular formula is C10H8F5N. The third-order valence-electron chi connectivity index (χ3n) is 1.85. The van der Waals surface area contributed by atoms with Gasteiger partial charge in [-0.15, -0.1) is 0 Å². The Kier molecular flexibility index (Phi) is 4.00. The maximum atomic E-state index is 13.0. The SMILES string of the molecule is CNCC=Cc1c(F)c(F)c(F)c(F)c1F. The molecule has 16 heavy (non-hydrogen) atoms. The highest BCUT2D eigenvalue weighted by atomic mass is 19.2. The van der Waals surface area contributed by atoms with Gasteiger partial charge in [-0.25, -0.2) is 22.0 Å². The van der Waals surface area contributed by atoms with E-state index >= 15 is 0 Å². The van der Waals surface area contributed by atoms with Crippen molar-refractivity contribution in [1.29, 1.82) is 0 Å². The van der Waals surface area contributed by atoms with Crippen LogP contribution in [0.1, 0.15) is 5.56 Å². The van der Waals surface area contributed by atoms with Crippen LogP contribution in [0.3, 0.4) is 0 Å². The van der Waals surface area contributed by atoms with Crippen LogP contribution in [0.4, 0.5) is 22.0 Å². The lowest BCUT2D eigenvalue weighted by Gasteiger charge is -2.04. The van der Waals surface area contributed by atoms with Gasteiger partial charge in [0.15, 0.2) is 23.3 Å². The molecule has 0 unspecified atom stereocenters. The third kappa shape index (κ3) is 2.21. The Hall–Kier alpha value is -1.43. The van der Waals surface area contributed by atoms with Gasteiger partial charge in [0.1, 0.15) is 0 Å². The number of halogens is 5. The summed E-state index contributed by atoms with van der Waals surface area (Å²) in [5.74, 6) is -9.70. The van der Waals surface area contributed by atoms with Crippen molar-refractivity contribution in [2.24, 2.45) is 0 Å². The molecule has 0 radical (unpaired) electrons. The van der Waals surface area contributed by atoms with Gasteiger partial charge in [-0.1, -0.05) is 12.2 Å². The molecule has 1 N–H and O–H groups in total. The summed E-state index contributed by atoms with van der Waals surface area (Å²) in [6.07, 6.45) is 2.09. The van der Waals surface area contributed by atoms with E-state index in [1.54, 1.807) is 7.05 Å². The van der Waals surface area contributed by atoms with Gasteiger partial charge in [0, 0.05) is 6.54 Å². The van der Waals surface area contributed by atoms with Crippen LogP contribution in [0, 0.1) is 29.1 Å². The molecule has 1 aromatic carbocycles. The maximum absolute atomic E-state index is 13.0. The molecule has 1 nitrogen and oxygen atoms in total. The molecule has 0 atom stereocenters. The van der Waals surface area contributed by atoms with E-state index in [4.69, 9.17) is 0 Å². The average molecular weight is 237 g/mol. The van der Waals surface area contributed by atoms with Crippen LogP contribution in [0.5, 0.6) is 0 Å². The summed E-state index contributed by atoms with van der Waals surface area (Å²) < 4.78 is 64.1. The topological polar surface area (TPSA) is 12.0 Å². The van der Waals surface area contributed by atoms with Crippen molar-refractivity contribution in [3.05, 3.63) is 40.7 Å². The summed E-state index contributed by atoms with van der Waals surface area (Å²) in [5, 5.41) is 2.62. The van der Waals surface area contributed by atoms with E-state index in [1.165, 1.54) is 6.08 Å². The number of hydrogen-bond acceptors (Lipinski definition) is 1. The first-order valence-corrected chi connectivity index (χ1v) is 4.33. The van der Waals surface area contributed by atoms with E-state index in [9.17, 15) is 22.0 Å². The molecule has 0 bridgehead atoms. The fourth-order valence-electron chi connectivity index (χ4n) is 1.06. The number of likely N-dealkylation sites (N-methyl/N-ethyl adjacent to an activating group) is 1. The monoisotopic (exact) mass is 237 g/mol. The molecule has 1 rings (SSSR count). The van der Waals surface area contributed by atoms with Gasteiger partial charge in [0.2, 0.25) is 5.82 Å². The van der Waals surface area contributed by atoms with Crippen molar-refractivity contribution >= 4 is 6.08 Å². The Labute approximate surface area is 88.6 Å². The zero-order valence-electron chi connectivity index (χ0n) is 8.25. The second-order valence-corrected chi connectivity index (χ2v) is 2.94. The minimum atomic E-state index is -2.15. The van der Waals surface area contributed by atoms with Gasteiger partial charge < -0.3 is 5.32 Å². The quantitative estimate of drug-likeness (QED) is 0.484. The Bertz CT molecular complexity index is 399. The normalized spacial score (nSPS) is 11.4. The smallest absolute Gasteiger partial charge is 0.200 e. The van der Waals surface area contributed by atoms with Crippen LogP contribution in [-0.4, -0.2) is 13.6 Å². The highest BCUT2D eigenvalue weighted by Gasteiger charge is 2.23. The van der Waals surface area contributed by atoms with Crippen LogP contribution in [-0.2, 0) is 0 Å². The minimum Gasteiger partial charge on any atom is -0.316 e. The second-order valence-electron chi connectivity index (χ2n) is 2.94. The van der Waals surface area contributed by atoms with Gasteiger partial charge in [0.05, 0.1) is 5.56 Å². The molecule has 0 heterocycles. The van der Waals surface area contributed by atoms with Crippen LogP contribution in [0.25, 0.3) is 6.08 Å². The maximum Gasteiger partial charge on any atom is 0.200 e. The highest BCUT2D eigenvalue weighted by molar-refractivity contribution is 5.51. The summed E-state index contributed by atoms with van der Waals surface area (Å²) in [6.45, 7) is 0.249. The number of hydrogen-bond donors (Lipinski definition) is 1. The molecule has 88 valence electrons. The summed E-state index contributed by atoms with van der Waals surface area (Å²) in [7, 11) is 1.57. The van der Waals surface area contributed by atoms with Gasteiger partial charge in [-0.05, 0) is 7.05 Å². The minimum absolute atomic E-state index is 0.249. The van der Waals surface area contributed by atoms with Crippen molar-refractivity contribution in [1.82, 2.24) is 5.32 Å². The zero-order chi connectivity index (χ0) is 12.3. The van der Waals surface area contributed by atoms with Crippen LogP contribution < -0.4 is 5.32 Å². The molecule has 0 aliphatic rings. The van der Waals surface area contributed by atoms with E-state index in [0.717, 1.165) is 6.08 Å².